The van der Waals surface area contributed by atoms with Crippen LogP contribution in [-0.4, -0.2) is 22.0 Å². The summed E-state index contributed by atoms with van der Waals surface area (Å²) in [5, 5.41) is 10.1. The Morgan fingerprint density at radius 3 is 2.71 bits per heavy atom. The molecule has 24 heavy (non-hydrogen) atoms. The van der Waals surface area contributed by atoms with Crippen LogP contribution in [0.25, 0.3) is 11.4 Å². The summed E-state index contributed by atoms with van der Waals surface area (Å²) in [6.07, 6.45) is 0. The molecule has 3 aromatic rings. The molecule has 0 aliphatic carbocycles. The van der Waals surface area contributed by atoms with Gasteiger partial charge in [0.1, 0.15) is 5.75 Å². The van der Waals surface area contributed by atoms with Crippen molar-refractivity contribution < 1.29 is 4.74 Å². The summed E-state index contributed by atoms with van der Waals surface area (Å²) in [7, 11) is 1.61. The maximum atomic E-state index is 6.19. The van der Waals surface area contributed by atoms with Crippen LogP contribution in [0.5, 0.6) is 5.75 Å². The number of nitrogens with zero attached hydrogens (tertiary/aromatic N) is 3. The van der Waals surface area contributed by atoms with Gasteiger partial charge in [-0.05, 0) is 29.8 Å². The van der Waals surface area contributed by atoms with Crippen molar-refractivity contribution in [2.24, 2.45) is 0 Å². The van der Waals surface area contributed by atoms with Crippen LogP contribution in [0.4, 0.5) is 0 Å². The van der Waals surface area contributed by atoms with Crippen LogP contribution in [0.15, 0.2) is 47.6 Å². The molecular formula is C16H14Cl2N4OS. The van der Waals surface area contributed by atoms with Crippen molar-refractivity contribution in [2.75, 3.05) is 13.0 Å². The number of ether oxygens (including phenoxy) is 1. The van der Waals surface area contributed by atoms with Crippen molar-refractivity contribution in [3.05, 3.63) is 58.1 Å². The van der Waals surface area contributed by atoms with Crippen molar-refractivity contribution in [2.45, 2.75) is 10.9 Å². The lowest BCUT2D eigenvalue weighted by molar-refractivity contribution is 0.416. The minimum absolute atomic E-state index is 0.539. The number of benzene rings is 2. The molecule has 8 heteroatoms. The molecule has 0 spiro atoms. The van der Waals surface area contributed by atoms with Crippen LogP contribution in [0.2, 0.25) is 10.0 Å². The van der Waals surface area contributed by atoms with Gasteiger partial charge in [-0.3, -0.25) is 0 Å². The Morgan fingerprint density at radius 2 is 1.96 bits per heavy atom. The Labute approximate surface area is 153 Å². The molecule has 0 amide bonds. The fourth-order valence-corrected chi connectivity index (χ4v) is 3.58. The second kappa shape index (κ2) is 7.34. The van der Waals surface area contributed by atoms with E-state index >= 15 is 0 Å². The Balaban J connectivity index is 1.83. The first-order valence-electron chi connectivity index (χ1n) is 7.00. The van der Waals surface area contributed by atoms with Gasteiger partial charge < -0.3 is 10.6 Å². The van der Waals surface area contributed by atoms with Crippen LogP contribution in [0.1, 0.15) is 5.56 Å². The van der Waals surface area contributed by atoms with Gasteiger partial charge in [-0.15, -0.1) is 10.2 Å². The van der Waals surface area contributed by atoms with Crippen LogP contribution in [0.3, 0.4) is 0 Å². The van der Waals surface area contributed by atoms with E-state index < -0.39 is 0 Å². The second-order valence-corrected chi connectivity index (χ2v) is 6.69. The molecular weight excluding hydrogens is 367 g/mol. The summed E-state index contributed by atoms with van der Waals surface area (Å²) in [6.45, 7) is 0. The maximum Gasteiger partial charge on any atom is 0.210 e. The third-order valence-electron chi connectivity index (χ3n) is 3.38. The maximum absolute atomic E-state index is 6.19. The highest BCUT2D eigenvalue weighted by Crippen LogP contribution is 2.31. The van der Waals surface area contributed by atoms with E-state index in [0.29, 0.717) is 32.5 Å². The third-order valence-corrected chi connectivity index (χ3v) is 4.96. The van der Waals surface area contributed by atoms with Crippen molar-refractivity contribution in [1.82, 2.24) is 14.9 Å². The number of methoxy groups -OCH3 is 1. The first-order valence-corrected chi connectivity index (χ1v) is 8.75. The van der Waals surface area contributed by atoms with Crippen LogP contribution in [-0.2, 0) is 5.75 Å². The Morgan fingerprint density at radius 1 is 1.17 bits per heavy atom. The largest absolute Gasteiger partial charge is 0.496 e. The molecule has 0 saturated heterocycles. The normalized spacial score (nSPS) is 10.8. The lowest BCUT2D eigenvalue weighted by Gasteiger charge is -2.08. The average Bonchev–Trinajstić information content (AvgIpc) is 2.94. The second-order valence-electron chi connectivity index (χ2n) is 4.90. The van der Waals surface area contributed by atoms with Crippen molar-refractivity contribution in [3.63, 3.8) is 0 Å². The van der Waals surface area contributed by atoms with Crippen molar-refractivity contribution in [1.29, 1.82) is 0 Å². The van der Waals surface area contributed by atoms with E-state index in [0.717, 1.165) is 11.1 Å². The number of thioether (sulfide) groups is 1. The van der Waals surface area contributed by atoms with Gasteiger partial charge in [-0.1, -0.05) is 53.2 Å². The number of hydrogen-bond acceptors (Lipinski definition) is 5. The van der Waals surface area contributed by atoms with E-state index in [4.69, 9.17) is 33.8 Å². The topological polar surface area (TPSA) is 66.0 Å². The Hall–Kier alpha value is -1.89. The monoisotopic (exact) mass is 380 g/mol. The van der Waals surface area contributed by atoms with Crippen LogP contribution >= 0.6 is 35.0 Å². The van der Waals surface area contributed by atoms with E-state index in [1.54, 1.807) is 19.2 Å². The number of para-hydroxylation sites is 1. The predicted molar refractivity (Wildman–Crippen MR) is 98.2 cm³/mol. The number of nitrogen functional groups attached to an aromatic ring is 1. The number of aromatic nitrogens is 3. The smallest absolute Gasteiger partial charge is 0.210 e. The zero-order chi connectivity index (χ0) is 17.1. The Bertz CT molecular complexity index is 869. The van der Waals surface area contributed by atoms with Gasteiger partial charge in [0.25, 0.3) is 0 Å². The summed E-state index contributed by atoms with van der Waals surface area (Å²) < 4.78 is 6.80. The predicted octanol–water partition coefficient (Wildman–Crippen LogP) is 4.27. The van der Waals surface area contributed by atoms with Crippen molar-refractivity contribution in [3.8, 4) is 17.1 Å². The molecule has 0 unspecified atom stereocenters. The van der Waals surface area contributed by atoms with Crippen LogP contribution in [0, 0.1) is 0 Å². The fourth-order valence-electron chi connectivity index (χ4n) is 2.17. The summed E-state index contributed by atoms with van der Waals surface area (Å²) in [4.78, 5) is 0. The molecule has 0 saturated carbocycles. The zero-order valence-corrected chi connectivity index (χ0v) is 15.1. The Kier molecular flexibility index (Phi) is 5.18. The van der Waals surface area contributed by atoms with Gasteiger partial charge in [0, 0.05) is 15.8 Å². The number of rotatable bonds is 5. The lowest BCUT2D eigenvalue weighted by Crippen LogP contribution is -2.12. The van der Waals surface area contributed by atoms with E-state index in [9.17, 15) is 0 Å². The highest BCUT2D eigenvalue weighted by atomic mass is 35.5. The number of nitrogens with two attached hydrogens (primary N) is 1. The van der Waals surface area contributed by atoms with Gasteiger partial charge in [0.2, 0.25) is 5.16 Å². The first kappa shape index (κ1) is 17.0. The van der Waals surface area contributed by atoms with Gasteiger partial charge in [0.05, 0.1) is 12.7 Å². The minimum Gasteiger partial charge on any atom is -0.496 e. The minimum atomic E-state index is 0.539. The van der Waals surface area contributed by atoms with Crippen LogP contribution < -0.4 is 10.6 Å². The summed E-state index contributed by atoms with van der Waals surface area (Å²) in [5.41, 5.74) is 1.74. The summed E-state index contributed by atoms with van der Waals surface area (Å²) in [5.74, 6) is 7.98. The quantitative estimate of drug-likeness (QED) is 0.528. The highest BCUT2D eigenvalue weighted by molar-refractivity contribution is 7.98. The molecule has 2 N–H and O–H groups in total. The molecule has 0 aliphatic heterocycles. The number of hydrogen-bond donors (Lipinski definition) is 1. The molecule has 3 rings (SSSR count). The highest BCUT2D eigenvalue weighted by Gasteiger charge is 2.16. The third kappa shape index (κ3) is 3.45. The van der Waals surface area contributed by atoms with Gasteiger partial charge in [-0.2, -0.15) is 0 Å². The SMILES string of the molecule is COc1ccccc1-c1nnc(SCc2ccc(Cl)cc2Cl)n1N. The number of halogens is 2. The first-order chi connectivity index (χ1) is 11.6. The fraction of sp³-hybridized carbons (Fsp3) is 0.125. The molecule has 0 atom stereocenters. The molecule has 0 aliphatic rings. The standard InChI is InChI=1S/C16H14Cl2N4OS/c1-23-14-5-3-2-4-12(14)15-20-21-16(22(15)19)24-9-10-6-7-11(17)8-13(10)18/h2-8H,9,19H2,1H3. The lowest BCUT2D eigenvalue weighted by atomic mass is 10.2. The molecule has 0 radical (unpaired) electrons. The molecule has 2 aromatic carbocycles. The molecule has 1 heterocycles. The average molecular weight is 381 g/mol. The molecule has 1 aromatic heterocycles. The van der Waals surface area contributed by atoms with Crippen molar-refractivity contribution >= 4 is 35.0 Å². The summed E-state index contributed by atoms with van der Waals surface area (Å²) >= 11 is 13.5. The molecule has 0 bridgehead atoms. The van der Waals surface area contributed by atoms with E-state index in [-0.39, 0.29) is 0 Å². The molecule has 5 nitrogen and oxygen atoms in total. The van der Waals surface area contributed by atoms with Gasteiger partial charge >= 0.3 is 0 Å². The van der Waals surface area contributed by atoms with Gasteiger partial charge in [0.15, 0.2) is 5.82 Å². The van der Waals surface area contributed by atoms with E-state index in [1.165, 1.54) is 16.4 Å². The van der Waals surface area contributed by atoms with E-state index in [1.807, 2.05) is 30.3 Å². The zero-order valence-electron chi connectivity index (χ0n) is 12.7. The van der Waals surface area contributed by atoms with E-state index in [2.05, 4.69) is 10.2 Å². The van der Waals surface area contributed by atoms with Gasteiger partial charge in [-0.25, -0.2) is 4.68 Å². The molecule has 0 fully saturated rings. The summed E-state index contributed by atoms with van der Waals surface area (Å²) in [6, 6.07) is 12.9. The molecule has 124 valence electrons.